The summed E-state index contributed by atoms with van der Waals surface area (Å²) in [5.74, 6) is -0.356. The van der Waals surface area contributed by atoms with Crippen molar-refractivity contribution in [2.45, 2.75) is 37.1 Å². The zero-order valence-corrected chi connectivity index (χ0v) is 8.83. The lowest BCUT2D eigenvalue weighted by Gasteiger charge is -2.45. The van der Waals surface area contributed by atoms with Crippen LogP contribution in [0, 0.1) is 0 Å². The fraction of sp³-hybridized carbons (Fsp3) is 0.818. The van der Waals surface area contributed by atoms with Gasteiger partial charge in [-0.25, -0.2) is 0 Å². The van der Waals surface area contributed by atoms with E-state index in [1.807, 2.05) is 6.20 Å². The van der Waals surface area contributed by atoms with Crippen molar-refractivity contribution in [3.63, 3.8) is 0 Å². The molecule has 1 atom stereocenters. The molecule has 0 bridgehead atoms. The molecule has 84 valence electrons. The Bertz CT molecular complexity index is 273. The van der Waals surface area contributed by atoms with Gasteiger partial charge in [-0.05, 0) is 12.8 Å². The van der Waals surface area contributed by atoms with Crippen LogP contribution in [-0.4, -0.2) is 31.1 Å². The Hall–Kier alpha value is -0.740. The predicted octanol–water partition coefficient (Wildman–Crippen LogP) is 1.13. The second-order valence-corrected chi connectivity index (χ2v) is 4.62. The van der Waals surface area contributed by atoms with E-state index in [0.29, 0.717) is 0 Å². The van der Waals surface area contributed by atoms with E-state index >= 15 is 0 Å². The second kappa shape index (κ2) is 3.39. The maximum absolute atomic E-state index is 5.79. The summed E-state index contributed by atoms with van der Waals surface area (Å²) < 4.78 is 17.3. The van der Waals surface area contributed by atoms with Crippen LogP contribution in [0.25, 0.3) is 0 Å². The highest BCUT2D eigenvalue weighted by Gasteiger charge is 2.50. The molecule has 15 heavy (non-hydrogen) atoms. The summed E-state index contributed by atoms with van der Waals surface area (Å²) in [6.07, 6.45) is 7.63. The van der Waals surface area contributed by atoms with Crippen LogP contribution < -0.4 is 5.32 Å². The van der Waals surface area contributed by atoms with Crippen molar-refractivity contribution in [1.29, 1.82) is 0 Å². The zero-order chi connectivity index (χ0) is 10.2. The normalized spacial score (nSPS) is 37.9. The van der Waals surface area contributed by atoms with E-state index in [0.717, 1.165) is 45.4 Å². The molecule has 1 N–H and O–H groups in total. The zero-order valence-electron chi connectivity index (χ0n) is 8.83. The highest BCUT2D eigenvalue weighted by atomic mass is 16.7. The third kappa shape index (κ3) is 1.62. The van der Waals surface area contributed by atoms with Crippen LogP contribution in [0.3, 0.4) is 0 Å². The minimum Gasteiger partial charge on any atom is -0.491 e. The summed E-state index contributed by atoms with van der Waals surface area (Å²) in [6.45, 7) is 2.30. The predicted molar refractivity (Wildman–Crippen MR) is 54.1 cm³/mol. The third-order valence-electron chi connectivity index (χ3n) is 3.52. The molecule has 0 aromatic carbocycles. The van der Waals surface area contributed by atoms with Gasteiger partial charge in [0.25, 0.3) is 0 Å². The van der Waals surface area contributed by atoms with E-state index in [4.69, 9.17) is 14.2 Å². The smallest absolute Gasteiger partial charge is 0.172 e. The van der Waals surface area contributed by atoms with Gasteiger partial charge in [0.1, 0.15) is 5.60 Å². The van der Waals surface area contributed by atoms with Gasteiger partial charge < -0.3 is 19.5 Å². The van der Waals surface area contributed by atoms with Crippen molar-refractivity contribution < 1.29 is 14.2 Å². The first-order valence-electron chi connectivity index (χ1n) is 5.67. The molecule has 4 heteroatoms. The molecule has 3 aliphatic rings. The number of ether oxygens (including phenoxy) is 3. The van der Waals surface area contributed by atoms with Crippen LogP contribution in [-0.2, 0) is 14.2 Å². The summed E-state index contributed by atoms with van der Waals surface area (Å²) in [5.41, 5.74) is -0.114. The molecule has 4 nitrogen and oxygen atoms in total. The molecule has 0 aromatic rings. The molecule has 2 aliphatic heterocycles. The molecule has 0 amide bonds. The second-order valence-electron chi connectivity index (χ2n) is 4.62. The summed E-state index contributed by atoms with van der Waals surface area (Å²) in [6, 6.07) is 0. The lowest BCUT2D eigenvalue weighted by molar-refractivity contribution is -0.219. The van der Waals surface area contributed by atoms with Crippen LogP contribution in [0.1, 0.15) is 25.7 Å². The molecule has 1 saturated carbocycles. The van der Waals surface area contributed by atoms with Crippen molar-refractivity contribution in [3.05, 3.63) is 12.5 Å². The lowest BCUT2D eigenvalue weighted by atomic mass is 9.80. The standard InChI is InChI=1S/C11H17NO3/c1-2-10(9-12-4-5-13-10)8-11(3-1)14-6-7-15-11/h4-5,12H,1-3,6-9H2. The largest absolute Gasteiger partial charge is 0.491 e. The van der Waals surface area contributed by atoms with Crippen LogP contribution in [0.2, 0.25) is 0 Å². The van der Waals surface area contributed by atoms with Gasteiger partial charge in [0.05, 0.1) is 26.0 Å². The SMILES string of the molecule is C1=COC2(CCCC3(C2)OCCO3)CN1. The molecule has 1 aliphatic carbocycles. The third-order valence-corrected chi connectivity index (χ3v) is 3.52. The minimum absolute atomic E-state index is 0.114. The maximum Gasteiger partial charge on any atom is 0.172 e. The van der Waals surface area contributed by atoms with E-state index < -0.39 is 0 Å². The Balaban J connectivity index is 1.77. The highest BCUT2D eigenvalue weighted by molar-refractivity contribution is 5.00. The van der Waals surface area contributed by atoms with Crippen LogP contribution in [0.15, 0.2) is 12.5 Å². The molecule has 3 rings (SSSR count). The number of hydrogen-bond acceptors (Lipinski definition) is 4. The Morgan fingerprint density at radius 2 is 2.00 bits per heavy atom. The highest BCUT2D eigenvalue weighted by Crippen LogP contribution is 2.43. The summed E-state index contributed by atoms with van der Waals surface area (Å²) in [5, 5.41) is 3.23. The lowest BCUT2D eigenvalue weighted by Crippen LogP contribution is -2.53. The van der Waals surface area contributed by atoms with Gasteiger partial charge >= 0.3 is 0 Å². The number of hydrogen-bond donors (Lipinski definition) is 1. The van der Waals surface area contributed by atoms with Gasteiger partial charge in [0.15, 0.2) is 5.79 Å². The number of rotatable bonds is 0. The first-order chi connectivity index (χ1) is 7.33. The van der Waals surface area contributed by atoms with Gasteiger partial charge in [-0.3, -0.25) is 0 Å². The van der Waals surface area contributed by atoms with E-state index in [2.05, 4.69) is 5.32 Å². The summed E-state index contributed by atoms with van der Waals surface area (Å²) >= 11 is 0. The first-order valence-corrected chi connectivity index (χ1v) is 5.67. The van der Waals surface area contributed by atoms with Crippen molar-refractivity contribution in [2.24, 2.45) is 0 Å². The Kier molecular flexibility index (Phi) is 2.14. The maximum atomic E-state index is 5.79. The molecular formula is C11H17NO3. The fourth-order valence-corrected chi connectivity index (χ4v) is 2.86. The molecule has 0 aromatic heterocycles. The van der Waals surface area contributed by atoms with Crippen LogP contribution >= 0.6 is 0 Å². The first kappa shape index (κ1) is 9.48. The molecule has 0 radical (unpaired) electrons. The van der Waals surface area contributed by atoms with Gasteiger partial charge in [-0.2, -0.15) is 0 Å². The van der Waals surface area contributed by atoms with Gasteiger partial charge in [-0.1, -0.05) is 0 Å². The topological polar surface area (TPSA) is 39.7 Å². The molecular weight excluding hydrogens is 194 g/mol. The van der Waals surface area contributed by atoms with E-state index in [-0.39, 0.29) is 11.4 Å². The van der Waals surface area contributed by atoms with Crippen molar-refractivity contribution in [3.8, 4) is 0 Å². The monoisotopic (exact) mass is 211 g/mol. The average Bonchev–Trinajstić information content (AvgIpc) is 2.67. The van der Waals surface area contributed by atoms with Crippen molar-refractivity contribution >= 4 is 0 Å². The number of nitrogens with one attached hydrogen (secondary N) is 1. The van der Waals surface area contributed by atoms with Crippen LogP contribution in [0.5, 0.6) is 0 Å². The Labute approximate surface area is 89.6 Å². The van der Waals surface area contributed by atoms with E-state index in [1.165, 1.54) is 0 Å². The quantitative estimate of drug-likeness (QED) is 0.652. The van der Waals surface area contributed by atoms with Crippen molar-refractivity contribution in [2.75, 3.05) is 19.8 Å². The Morgan fingerprint density at radius 3 is 2.73 bits per heavy atom. The van der Waals surface area contributed by atoms with Gasteiger partial charge in [0.2, 0.25) is 0 Å². The van der Waals surface area contributed by atoms with Crippen LogP contribution in [0.4, 0.5) is 0 Å². The summed E-state index contributed by atoms with van der Waals surface area (Å²) in [7, 11) is 0. The van der Waals surface area contributed by atoms with E-state index in [9.17, 15) is 0 Å². The average molecular weight is 211 g/mol. The molecule has 1 saturated heterocycles. The van der Waals surface area contributed by atoms with Crippen molar-refractivity contribution in [1.82, 2.24) is 5.32 Å². The minimum atomic E-state index is -0.356. The molecule has 2 spiro atoms. The fourth-order valence-electron chi connectivity index (χ4n) is 2.86. The summed E-state index contributed by atoms with van der Waals surface area (Å²) in [4.78, 5) is 0. The molecule has 2 fully saturated rings. The van der Waals surface area contributed by atoms with E-state index in [1.54, 1.807) is 6.26 Å². The van der Waals surface area contributed by atoms with Gasteiger partial charge in [-0.15, -0.1) is 0 Å². The molecule has 1 unspecified atom stereocenters. The molecule has 2 heterocycles. The Morgan fingerprint density at radius 1 is 1.13 bits per heavy atom. The van der Waals surface area contributed by atoms with Gasteiger partial charge in [0, 0.05) is 19.0 Å².